The fourth-order valence-electron chi connectivity index (χ4n) is 1.45. The smallest absolute Gasteiger partial charge is 0.330 e. The van der Waals surface area contributed by atoms with E-state index in [0.29, 0.717) is 32.8 Å². The average molecular weight is 260 g/mol. The second-order valence-corrected chi connectivity index (χ2v) is 3.34. The van der Waals surface area contributed by atoms with Crippen LogP contribution < -0.4 is 0 Å². The molecular formula is C13H24O5. The number of carbonyl (C=O) groups excluding carboxylic acids is 1. The van der Waals surface area contributed by atoms with Gasteiger partial charge in [-0.15, -0.1) is 0 Å². The molecule has 0 unspecified atom stereocenters. The summed E-state index contributed by atoms with van der Waals surface area (Å²) in [6.45, 7) is 9.10. The Hall–Kier alpha value is -0.910. The molecule has 0 rings (SSSR count). The van der Waals surface area contributed by atoms with Crippen LogP contribution in [0.1, 0.15) is 34.1 Å². The van der Waals surface area contributed by atoms with Crippen molar-refractivity contribution in [3.63, 3.8) is 0 Å². The topological polar surface area (TPSA) is 54.0 Å². The van der Waals surface area contributed by atoms with Gasteiger partial charge in [0, 0.05) is 32.3 Å². The zero-order chi connectivity index (χ0) is 13.9. The molecule has 0 N–H and O–H groups in total. The molecule has 0 bridgehead atoms. The van der Waals surface area contributed by atoms with Crippen molar-refractivity contribution in [2.24, 2.45) is 0 Å². The van der Waals surface area contributed by atoms with E-state index in [4.69, 9.17) is 18.9 Å². The Morgan fingerprint density at radius 2 is 1.44 bits per heavy atom. The van der Waals surface area contributed by atoms with Crippen LogP contribution in [0.2, 0.25) is 0 Å². The van der Waals surface area contributed by atoms with Gasteiger partial charge in [-0.2, -0.15) is 0 Å². The second-order valence-electron chi connectivity index (χ2n) is 3.34. The lowest BCUT2D eigenvalue weighted by Gasteiger charge is -2.31. The first kappa shape index (κ1) is 17.1. The summed E-state index contributed by atoms with van der Waals surface area (Å²) < 4.78 is 21.3. The molecule has 5 nitrogen and oxygen atoms in total. The molecule has 0 fully saturated rings. The molecule has 0 spiro atoms. The summed E-state index contributed by atoms with van der Waals surface area (Å²) in [6, 6.07) is 0. The summed E-state index contributed by atoms with van der Waals surface area (Å²) in [5.41, 5.74) is 0. The van der Waals surface area contributed by atoms with Gasteiger partial charge in [0.05, 0.1) is 6.61 Å². The normalized spacial score (nSPS) is 12.0. The minimum absolute atomic E-state index is 0.335. The van der Waals surface area contributed by atoms with Gasteiger partial charge in [0.25, 0.3) is 5.97 Å². The van der Waals surface area contributed by atoms with Crippen LogP contribution >= 0.6 is 0 Å². The summed E-state index contributed by atoms with van der Waals surface area (Å²) in [5.74, 6) is -1.49. The van der Waals surface area contributed by atoms with Gasteiger partial charge in [0.2, 0.25) is 0 Å². The van der Waals surface area contributed by atoms with Crippen LogP contribution in [-0.4, -0.2) is 38.4 Å². The third-order valence-electron chi connectivity index (χ3n) is 2.00. The van der Waals surface area contributed by atoms with E-state index in [2.05, 4.69) is 0 Å². The maximum absolute atomic E-state index is 11.2. The highest BCUT2D eigenvalue weighted by atomic mass is 16.9. The van der Waals surface area contributed by atoms with E-state index in [-0.39, 0.29) is 5.97 Å². The van der Waals surface area contributed by atoms with Crippen LogP contribution in [0.4, 0.5) is 0 Å². The Kier molecular flexibility index (Phi) is 9.55. The van der Waals surface area contributed by atoms with Gasteiger partial charge >= 0.3 is 5.97 Å². The van der Waals surface area contributed by atoms with Gasteiger partial charge < -0.3 is 18.9 Å². The van der Waals surface area contributed by atoms with Crippen LogP contribution in [0.3, 0.4) is 0 Å². The zero-order valence-electron chi connectivity index (χ0n) is 11.7. The highest BCUT2D eigenvalue weighted by molar-refractivity contribution is 5.81. The molecule has 0 heterocycles. The first-order valence-electron chi connectivity index (χ1n) is 6.39. The fraction of sp³-hybridized carbons (Fsp3) is 0.769. The van der Waals surface area contributed by atoms with Crippen molar-refractivity contribution in [3.05, 3.63) is 12.2 Å². The fourth-order valence-corrected chi connectivity index (χ4v) is 1.45. The SMILES string of the molecule is CCOC(=O)C=CCC(OCC)(OCC)OCC. The predicted molar refractivity (Wildman–Crippen MR) is 68.0 cm³/mol. The van der Waals surface area contributed by atoms with Gasteiger partial charge in [0.15, 0.2) is 0 Å². The third kappa shape index (κ3) is 6.74. The molecule has 0 aromatic rings. The Morgan fingerprint density at radius 1 is 0.944 bits per heavy atom. The van der Waals surface area contributed by atoms with Crippen molar-refractivity contribution in [1.29, 1.82) is 0 Å². The molecule has 5 heteroatoms. The molecule has 0 radical (unpaired) electrons. The van der Waals surface area contributed by atoms with Crippen molar-refractivity contribution in [2.45, 2.75) is 40.1 Å². The first-order chi connectivity index (χ1) is 8.64. The molecule has 18 heavy (non-hydrogen) atoms. The van der Waals surface area contributed by atoms with E-state index in [9.17, 15) is 4.79 Å². The number of carbonyl (C=O) groups is 1. The van der Waals surface area contributed by atoms with Crippen molar-refractivity contribution >= 4 is 5.97 Å². The number of hydrogen-bond acceptors (Lipinski definition) is 5. The van der Waals surface area contributed by atoms with Crippen molar-refractivity contribution in [1.82, 2.24) is 0 Å². The Labute approximate surface area is 109 Å². The highest BCUT2D eigenvalue weighted by Crippen LogP contribution is 2.21. The highest BCUT2D eigenvalue weighted by Gasteiger charge is 2.30. The lowest BCUT2D eigenvalue weighted by Crippen LogP contribution is -2.39. The predicted octanol–water partition coefficient (Wildman–Crippen LogP) is 2.26. The number of ether oxygens (including phenoxy) is 4. The van der Waals surface area contributed by atoms with E-state index >= 15 is 0 Å². The van der Waals surface area contributed by atoms with Crippen LogP contribution in [0.5, 0.6) is 0 Å². The standard InChI is InChI=1S/C13H24O5/c1-5-15-12(14)10-9-11-13(16-6-2,17-7-3)18-8-4/h9-10H,5-8,11H2,1-4H3. The Bertz CT molecular complexity index is 233. The maximum atomic E-state index is 11.2. The molecular weight excluding hydrogens is 236 g/mol. The monoisotopic (exact) mass is 260 g/mol. The van der Waals surface area contributed by atoms with Crippen LogP contribution in [0.25, 0.3) is 0 Å². The Morgan fingerprint density at radius 3 is 1.83 bits per heavy atom. The van der Waals surface area contributed by atoms with E-state index < -0.39 is 5.97 Å². The molecule has 0 aliphatic rings. The van der Waals surface area contributed by atoms with E-state index in [1.54, 1.807) is 13.0 Å². The molecule has 0 saturated heterocycles. The van der Waals surface area contributed by atoms with Gasteiger partial charge in [0.1, 0.15) is 0 Å². The minimum Gasteiger partial charge on any atom is -0.463 e. The van der Waals surface area contributed by atoms with E-state index in [1.807, 2.05) is 20.8 Å². The maximum Gasteiger partial charge on any atom is 0.330 e. The molecule has 0 aliphatic carbocycles. The molecule has 0 aromatic carbocycles. The van der Waals surface area contributed by atoms with E-state index in [0.717, 1.165) is 0 Å². The lowest BCUT2D eigenvalue weighted by molar-refractivity contribution is -0.374. The zero-order valence-corrected chi connectivity index (χ0v) is 11.7. The largest absolute Gasteiger partial charge is 0.463 e. The molecule has 106 valence electrons. The van der Waals surface area contributed by atoms with Crippen molar-refractivity contribution < 1.29 is 23.7 Å². The lowest BCUT2D eigenvalue weighted by atomic mass is 10.3. The van der Waals surface area contributed by atoms with Crippen molar-refractivity contribution in [2.75, 3.05) is 26.4 Å². The Balaban J connectivity index is 4.50. The van der Waals surface area contributed by atoms with Crippen LogP contribution in [-0.2, 0) is 23.7 Å². The minimum atomic E-state index is -1.11. The number of hydrogen-bond donors (Lipinski definition) is 0. The quantitative estimate of drug-likeness (QED) is 0.342. The molecule has 0 aliphatic heterocycles. The number of rotatable bonds is 10. The number of esters is 1. The van der Waals surface area contributed by atoms with Crippen molar-refractivity contribution in [3.8, 4) is 0 Å². The third-order valence-corrected chi connectivity index (χ3v) is 2.00. The summed E-state index contributed by atoms with van der Waals surface area (Å²) in [6.07, 6.45) is 3.33. The molecule has 0 atom stereocenters. The van der Waals surface area contributed by atoms with Gasteiger partial charge in [-0.1, -0.05) is 6.08 Å². The van der Waals surface area contributed by atoms with Gasteiger partial charge in [-0.3, -0.25) is 0 Å². The summed E-state index contributed by atoms with van der Waals surface area (Å²) in [7, 11) is 0. The molecule has 0 saturated carbocycles. The molecule has 0 aromatic heterocycles. The van der Waals surface area contributed by atoms with Gasteiger partial charge in [-0.25, -0.2) is 4.79 Å². The average Bonchev–Trinajstić information content (AvgIpc) is 2.30. The second kappa shape index (κ2) is 10.1. The summed E-state index contributed by atoms with van der Waals surface area (Å²) in [5, 5.41) is 0. The summed E-state index contributed by atoms with van der Waals surface area (Å²) in [4.78, 5) is 11.2. The first-order valence-corrected chi connectivity index (χ1v) is 6.39. The van der Waals surface area contributed by atoms with Crippen LogP contribution in [0.15, 0.2) is 12.2 Å². The van der Waals surface area contributed by atoms with Crippen LogP contribution in [0, 0.1) is 0 Å². The summed E-state index contributed by atoms with van der Waals surface area (Å²) >= 11 is 0. The van der Waals surface area contributed by atoms with E-state index in [1.165, 1.54) is 6.08 Å². The van der Waals surface area contributed by atoms with Gasteiger partial charge in [-0.05, 0) is 27.7 Å². The molecule has 0 amide bonds.